The van der Waals surface area contributed by atoms with Gasteiger partial charge in [-0.25, -0.2) is 27.5 Å². The van der Waals surface area contributed by atoms with Crippen LogP contribution in [0.4, 0.5) is 13.2 Å². The second-order valence-electron chi connectivity index (χ2n) is 6.50. The fourth-order valence-electron chi connectivity index (χ4n) is 2.83. The van der Waals surface area contributed by atoms with Gasteiger partial charge in [-0.3, -0.25) is 9.78 Å². The van der Waals surface area contributed by atoms with Gasteiger partial charge in [-0.2, -0.15) is 5.10 Å². The molecule has 0 aliphatic heterocycles. The normalized spacial score (nSPS) is 13.2. The number of rotatable bonds is 2. The van der Waals surface area contributed by atoms with Crippen molar-refractivity contribution in [2.45, 2.75) is 18.8 Å². The van der Waals surface area contributed by atoms with E-state index in [-0.39, 0.29) is 11.5 Å². The second-order valence-corrected chi connectivity index (χ2v) is 6.50. The summed E-state index contributed by atoms with van der Waals surface area (Å²) in [7, 11) is 0. The maximum absolute atomic E-state index is 12.9. The highest BCUT2D eigenvalue weighted by Crippen LogP contribution is 2.41. The van der Waals surface area contributed by atoms with E-state index in [2.05, 4.69) is 20.1 Å². The number of hydrogen-bond donors (Lipinski definition) is 2. The van der Waals surface area contributed by atoms with E-state index in [1.54, 1.807) is 29.0 Å². The van der Waals surface area contributed by atoms with Crippen LogP contribution in [0.5, 0.6) is 0 Å². The number of H-pyrrole nitrogens is 2. The first-order valence-corrected chi connectivity index (χ1v) is 8.69. The Morgan fingerprint density at radius 2 is 1.90 bits per heavy atom. The lowest BCUT2D eigenvalue weighted by Gasteiger charge is -2.01. The van der Waals surface area contributed by atoms with Gasteiger partial charge in [-0.1, -0.05) is 0 Å². The van der Waals surface area contributed by atoms with Crippen molar-refractivity contribution in [2.24, 2.45) is 0 Å². The van der Waals surface area contributed by atoms with Gasteiger partial charge in [0.2, 0.25) is 0 Å². The van der Waals surface area contributed by atoms with Crippen LogP contribution in [0.15, 0.2) is 52.4 Å². The molecule has 0 atom stereocenters. The van der Waals surface area contributed by atoms with Crippen molar-refractivity contribution >= 4 is 5.65 Å². The number of fused-ring (bicyclic) bond motifs is 1. The van der Waals surface area contributed by atoms with E-state index in [1.165, 1.54) is 6.20 Å². The summed E-state index contributed by atoms with van der Waals surface area (Å²) in [4.78, 5) is 31.1. The van der Waals surface area contributed by atoms with Gasteiger partial charge in [0.05, 0.1) is 11.3 Å². The summed E-state index contributed by atoms with van der Waals surface area (Å²) in [6.07, 6.45) is 6.30. The van der Waals surface area contributed by atoms with Crippen molar-refractivity contribution in [3.05, 3.63) is 86.7 Å². The molecule has 1 fully saturated rings. The van der Waals surface area contributed by atoms with Crippen LogP contribution in [-0.4, -0.2) is 24.6 Å². The maximum atomic E-state index is 12.9. The average molecular weight is 401 g/mol. The Hall–Kier alpha value is -3.69. The van der Waals surface area contributed by atoms with Crippen molar-refractivity contribution in [3.8, 4) is 11.3 Å². The van der Waals surface area contributed by atoms with E-state index in [4.69, 9.17) is 0 Å². The minimum atomic E-state index is -1.09. The number of aromatic nitrogens is 5. The number of benzene rings is 1. The molecule has 1 aromatic carbocycles. The third-order valence-electron chi connectivity index (χ3n) is 4.39. The molecule has 0 unspecified atom stereocenters. The maximum Gasteiger partial charge on any atom is 0.325 e. The molecule has 0 saturated heterocycles. The van der Waals surface area contributed by atoms with Gasteiger partial charge >= 0.3 is 5.69 Å². The number of aromatic amines is 2. The Balaban J connectivity index is 0.000000150. The molecule has 10 heteroatoms. The quantitative estimate of drug-likeness (QED) is 0.505. The van der Waals surface area contributed by atoms with E-state index in [9.17, 15) is 22.8 Å². The lowest BCUT2D eigenvalue weighted by molar-refractivity contribution is 0.485. The van der Waals surface area contributed by atoms with Crippen molar-refractivity contribution in [1.29, 1.82) is 0 Å². The zero-order valence-corrected chi connectivity index (χ0v) is 14.8. The van der Waals surface area contributed by atoms with Crippen LogP contribution in [0.1, 0.15) is 24.3 Å². The first-order chi connectivity index (χ1) is 13.9. The molecule has 4 aromatic rings. The van der Waals surface area contributed by atoms with E-state index in [0.717, 1.165) is 18.9 Å². The van der Waals surface area contributed by atoms with Gasteiger partial charge in [0.15, 0.2) is 17.3 Å². The topological polar surface area (TPSA) is 95.9 Å². The lowest BCUT2D eigenvalue weighted by Crippen LogP contribution is -2.22. The third-order valence-corrected chi connectivity index (χ3v) is 4.39. The van der Waals surface area contributed by atoms with Gasteiger partial charge in [0.1, 0.15) is 5.82 Å². The number of nitrogens with one attached hydrogen (secondary N) is 2. The van der Waals surface area contributed by atoms with Gasteiger partial charge < -0.3 is 4.98 Å². The molecule has 3 heterocycles. The molecule has 1 saturated carbocycles. The summed E-state index contributed by atoms with van der Waals surface area (Å²) in [5.41, 5.74) is 0.637. The zero-order valence-electron chi connectivity index (χ0n) is 14.8. The fraction of sp³-hybridized carbons (Fsp3) is 0.158. The van der Waals surface area contributed by atoms with Crippen LogP contribution < -0.4 is 11.2 Å². The van der Waals surface area contributed by atoms with Gasteiger partial charge in [0.25, 0.3) is 5.56 Å². The minimum absolute atomic E-state index is 0.0372. The molecular weight excluding hydrogens is 387 g/mol. The van der Waals surface area contributed by atoms with Crippen molar-refractivity contribution < 1.29 is 13.2 Å². The standard InChI is InChI=1S/C10H7N5O2.C9H7F3/c16-9-6(5-12-10(17)13-9)7-1-2-8-11-3-4-15(8)14-7;10-6-3-7(5-1-2-5)9(12)8(11)4-6/h1-5H,(H2,12,13,16,17);3-5H,1-2H2. The number of imidazole rings is 1. The highest BCUT2D eigenvalue weighted by Gasteiger charge is 2.28. The average Bonchev–Trinajstić information content (AvgIpc) is 3.42. The summed E-state index contributed by atoms with van der Waals surface area (Å²) in [5, 5.41) is 4.21. The summed E-state index contributed by atoms with van der Waals surface area (Å²) >= 11 is 0. The fourth-order valence-corrected chi connectivity index (χ4v) is 2.83. The van der Waals surface area contributed by atoms with Crippen LogP contribution in [0.2, 0.25) is 0 Å². The Kier molecular flexibility index (Phi) is 4.75. The summed E-state index contributed by atoms with van der Waals surface area (Å²) in [6.45, 7) is 0. The predicted molar refractivity (Wildman–Crippen MR) is 98.0 cm³/mol. The molecule has 7 nitrogen and oxygen atoms in total. The van der Waals surface area contributed by atoms with Crippen LogP contribution >= 0.6 is 0 Å². The van der Waals surface area contributed by atoms with Crippen molar-refractivity contribution in [1.82, 2.24) is 24.6 Å². The Bertz CT molecular complexity index is 1310. The van der Waals surface area contributed by atoms with Crippen molar-refractivity contribution in [2.75, 3.05) is 0 Å². The molecule has 2 N–H and O–H groups in total. The minimum Gasteiger partial charge on any atom is -0.313 e. The number of halogens is 3. The lowest BCUT2D eigenvalue weighted by atomic mass is 10.1. The third kappa shape index (κ3) is 3.96. The molecule has 29 heavy (non-hydrogen) atoms. The molecule has 3 aromatic heterocycles. The van der Waals surface area contributed by atoms with Crippen LogP contribution in [0.25, 0.3) is 16.9 Å². The summed E-state index contributed by atoms with van der Waals surface area (Å²) in [6, 6.07) is 5.06. The van der Waals surface area contributed by atoms with Crippen LogP contribution in [-0.2, 0) is 0 Å². The molecule has 5 rings (SSSR count). The molecule has 0 spiro atoms. The molecule has 0 bridgehead atoms. The Labute approximate surface area is 160 Å². The first kappa shape index (κ1) is 18.7. The molecule has 1 aliphatic rings. The summed E-state index contributed by atoms with van der Waals surface area (Å²) < 4.78 is 39.7. The first-order valence-electron chi connectivity index (χ1n) is 8.69. The van der Waals surface area contributed by atoms with E-state index in [1.807, 2.05) is 0 Å². The van der Waals surface area contributed by atoms with E-state index >= 15 is 0 Å². The number of hydrogen-bond acceptors (Lipinski definition) is 4. The van der Waals surface area contributed by atoms with Gasteiger partial charge in [-0.15, -0.1) is 0 Å². The largest absolute Gasteiger partial charge is 0.325 e. The van der Waals surface area contributed by atoms with Crippen LogP contribution in [0, 0.1) is 17.5 Å². The van der Waals surface area contributed by atoms with Crippen molar-refractivity contribution in [3.63, 3.8) is 0 Å². The molecule has 148 valence electrons. The molecular formula is C19H14F3N5O2. The molecule has 1 aliphatic carbocycles. The highest BCUT2D eigenvalue weighted by atomic mass is 19.2. The smallest absolute Gasteiger partial charge is 0.313 e. The predicted octanol–water partition coefficient (Wildman–Crippen LogP) is 2.75. The number of nitrogens with zero attached hydrogens (tertiary/aromatic N) is 3. The highest BCUT2D eigenvalue weighted by molar-refractivity contribution is 5.57. The zero-order chi connectivity index (χ0) is 20.5. The second kappa shape index (κ2) is 7.38. The summed E-state index contributed by atoms with van der Waals surface area (Å²) in [5.74, 6) is -2.64. The van der Waals surface area contributed by atoms with E-state index < -0.39 is 28.7 Å². The van der Waals surface area contributed by atoms with E-state index in [0.29, 0.717) is 23.0 Å². The van der Waals surface area contributed by atoms with Crippen LogP contribution in [0.3, 0.4) is 0 Å². The Morgan fingerprint density at radius 3 is 2.62 bits per heavy atom. The Morgan fingerprint density at radius 1 is 1.10 bits per heavy atom. The monoisotopic (exact) mass is 401 g/mol. The molecule has 0 amide bonds. The van der Waals surface area contributed by atoms with Gasteiger partial charge in [0, 0.05) is 24.7 Å². The van der Waals surface area contributed by atoms with Gasteiger partial charge in [-0.05, 0) is 42.5 Å². The molecule has 0 radical (unpaired) electrons. The SMILES string of the molecule is Fc1cc(F)c(F)c(C2CC2)c1.O=c1[nH]cc(-c2ccc3nccn3n2)c(=O)[nH]1.